The first-order valence-electron chi connectivity index (χ1n) is 7.70. The number of aromatic hydroxyl groups is 1. The SMILES string of the molecule is CCOc1cc(/C=N\NC(=O)[C@@H](C)Sc2ccc(Cl)cc2)ccc1O. The van der Waals surface area contributed by atoms with Gasteiger partial charge in [0.1, 0.15) is 0 Å². The Morgan fingerprint density at radius 2 is 2.08 bits per heavy atom. The number of carbonyl (C=O) groups is 1. The van der Waals surface area contributed by atoms with Crippen LogP contribution in [0.3, 0.4) is 0 Å². The second-order valence-corrected chi connectivity index (χ2v) is 6.96. The van der Waals surface area contributed by atoms with Gasteiger partial charge in [-0.3, -0.25) is 4.79 Å². The van der Waals surface area contributed by atoms with Crippen molar-refractivity contribution < 1.29 is 14.6 Å². The van der Waals surface area contributed by atoms with Crippen molar-refractivity contribution in [2.75, 3.05) is 6.61 Å². The van der Waals surface area contributed by atoms with Crippen LogP contribution in [0.2, 0.25) is 5.02 Å². The summed E-state index contributed by atoms with van der Waals surface area (Å²) in [5.74, 6) is 0.237. The fraction of sp³-hybridized carbons (Fsp3) is 0.222. The molecular weight excluding hydrogens is 360 g/mol. The minimum Gasteiger partial charge on any atom is -0.504 e. The summed E-state index contributed by atoms with van der Waals surface area (Å²) >= 11 is 7.27. The molecule has 0 aliphatic heterocycles. The van der Waals surface area contributed by atoms with E-state index in [-0.39, 0.29) is 16.9 Å². The van der Waals surface area contributed by atoms with Crippen LogP contribution in [0, 0.1) is 0 Å². The molecule has 0 spiro atoms. The van der Waals surface area contributed by atoms with Gasteiger partial charge in [-0.2, -0.15) is 5.10 Å². The summed E-state index contributed by atoms with van der Waals surface area (Å²) in [5, 5.41) is 14.0. The Morgan fingerprint density at radius 3 is 2.76 bits per heavy atom. The Balaban J connectivity index is 1.91. The Labute approximate surface area is 156 Å². The molecule has 2 aromatic carbocycles. The molecule has 0 aliphatic carbocycles. The lowest BCUT2D eigenvalue weighted by Crippen LogP contribution is -2.26. The second kappa shape index (κ2) is 9.34. The molecule has 7 heteroatoms. The fourth-order valence-electron chi connectivity index (χ4n) is 1.91. The number of thioether (sulfide) groups is 1. The maximum Gasteiger partial charge on any atom is 0.253 e. The second-order valence-electron chi connectivity index (χ2n) is 5.11. The van der Waals surface area contributed by atoms with Gasteiger partial charge in [-0.15, -0.1) is 11.8 Å². The van der Waals surface area contributed by atoms with Crippen LogP contribution < -0.4 is 10.2 Å². The molecule has 0 aromatic heterocycles. The maximum absolute atomic E-state index is 12.1. The molecule has 1 atom stereocenters. The van der Waals surface area contributed by atoms with Crippen LogP contribution in [0.15, 0.2) is 52.5 Å². The van der Waals surface area contributed by atoms with E-state index < -0.39 is 0 Å². The summed E-state index contributed by atoms with van der Waals surface area (Å²) in [7, 11) is 0. The van der Waals surface area contributed by atoms with Crippen molar-refractivity contribution >= 4 is 35.5 Å². The summed E-state index contributed by atoms with van der Waals surface area (Å²) in [5.41, 5.74) is 3.22. The van der Waals surface area contributed by atoms with E-state index in [4.69, 9.17) is 16.3 Å². The molecule has 0 heterocycles. The Morgan fingerprint density at radius 1 is 1.36 bits per heavy atom. The number of phenols is 1. The molecule has 0 saturated heterocycles. The largest absolute Gasteiger partial charge is 0.504 e. The predicted molar refractivity (Wildman–Crippen MR) is 102 cm³/mol. The number of amides is 1. The lowest BCUT2D eigenvalue weighted by Gasteiger charge is -2.09. The van der Waals surface area contributed by atoms with Crippen molar-refractivity contribution in [3.63, 3.8) is 0 Å². The summed E-state index contributed by atoms with van der Waals surface area (Å²) in [6.45, 7) is 4.09. The fourth-order valence-corrected chi connectivity index (χ4v) is 2.90. The molecule has 0 fully saturated rings. The monoisotopic (exact) mass is 378 g/mol. The van der Waals surface area contributed by atoms with Gasteiger partial charge in [-0.05, 0) is 61.9 Å². The van der Waals surface area contributed by atoms with E-state index in [2.05, 4.69) is 10.5 Å². The minimum atomic E-state index is -0.308. The number of ether oxygens (including phenoxy) is 1. The zero-order valence-corrected chi connectivity index (χ0v) is 15.5. The summed E-state index contributed by atoms with van der Waals surface area (Å²) in [4.78, 5) is 13.0. The van der Waals surface area contributed by atoms with Crippen LogP contribution in [0.25, 0.3) is 0 Å². The number of rotatable bonds is 7. The van der Waals surface area contributed by atoms with Gasteiger partial charge >= 0.3 is 0 Å². The normalized spacial score (nSPS) is 12.1. The number of carbonyl (C=O) groups excluding carboxylic acids is 1. The molecule has 25 heavy (non-hydrogen) atoms. The number of hydrazone groups is 1. The predicted octanol–water partition coefficient (Wildman–Crippen LogP) is 4.08. The Hall–Kier alpha value is -2.18. The number of benzene rings is 2. The number of hydrogen-bond acceptors (Lipinski definition) is 5. The molecule has 0 bridgehead atoms. The van der Waals surface area contributed by atoms with E-state index in [1.165, 1.54) is 24.0 Å². The third-order valence-electron chi connectivity index (χ3n) is 3.17. The van der Waals surface area contributed by atoms with Crippen LogP contribution in [0.1, 0.15) is 19.4 Å². The topological polar surface area (TPSA) is 70.9 Å². The van der Waals surface area contributed by atoms with Crippen molar-refractivity contribution in [2.24, 2.45) is 5.10 Å². The number of halogens is 1. The quantitative estimate of drug-likeness (QED) is 0.432. The van der Waals surface area contributed by atoms with Crippen LogP contribution in [-0.2, 0) is 4.79 Å². The smallest absolute Gasteiger partial charge is 0.253 e. The first-order chi connectivity index (χ1) is 12.0. The van der Waals surface area contributed by atoms with Gasteiger partial charge in [0, 0.05) is 9.92 Å². The zero-order chi connectivity index (χ0) is 18.2. The molecule has 2 aromatic rings. The van der Waals surface area contributed by atoms with Crippen LogP contribution >= 0.6 is 23.4 Å². The van der Waals surface area contributed by atoms with E-state index in [0.717, 1.165) is 4.90 Å². The molecule has 2 rings (SSSR count). The van der Waals surface area contributed by atoms with Crippen LogP contribution in [0.4, 0.5) is 0 Å². The van der Waals surface area contributed by atoms with Gasteiger partial charge in [0.15, 0.2) is 11.5 Å². The summed E-state index contributed by atoms with van der Waals surface area (Å²) < 4.78 is 5.31. The van der Waals surface area contributed by atoms with Crippen molar-refractivity contribution in [1.29, 1.82) is 0 Å². The van der Waals surface area contributed by atoms with Gasteiger partial charge in [0.25, 0.3) is 5.91 Å². The molecule has 2 N–H and O–H groups in total. The minimum absolute atomic E-state index is 0.0658. The molecule has 0 unspecified atom stereocenters. The lowest BCUT2D eigenvalue weighted by atomic mass is 10.2. The number of phenolic OH excluding ortho intramolecular Hbond substituents is 1. The Kier molecular flexibility index (Phi) is 7.16. The van der Waals surface area contributed by atoms with Gasteiger partial charge in [-0.25, -0.2) is 5.43 Å². The van der Waals surface area contributed by atoms with E-state index in [9.17, 15) is 9.90 Å². The highest BCUT2D eigenvalue weighted by Gasteiger charge is 2.13. The number of nitrogens with one attached hydrogen (secondary N) is 1. The van der Waals surface area contributed by atoms with Crippen molar-refractivity contribution in [3.05, 3.63) is 53.1 Å². The van der Waals surface area contributed by atoms with E-state index >= 15 is 0 Å². The van der Waals surface area contributed by atoms with Gasteiger partial charge in [-0.1, -0.05) is 11.6 Å². The highest BCUT2D eigenvalue weighted by atomic mass is 35.5. The zero-order valence-electron chi connectivity index (χ0n) is 13.9. The third-order valence-corrected chi connectivity index (χ3v) is 4.53. The standard InChI is InChI=1S/C18H19ClN2O3S/c1-3-24-17-10-13(4-9-16(17)22)11-20-21-18(23)12(2)25-15-7-5-14(19)6-8-15/h4-12,22H,3H2,1-2H3,(H,21,23)/b20-11-/t12-/m1/s1. The van der Waals surface area contributed by atoms with Gasteiger partial charge < -0.3 is 9.84 Å². The van der Waals surface area contributed by atoms with E-state index in [0.29, 0.717) is 22.9 Å². The average molecular weight is 379 g/mol. The highest BCUT2D eigenvalue weighted by molar-refractivity contribution is 8.00. The van der Waals surface area contributed by atoms with E-state index in [1.54, 1.807) is 31.2 Å². The average Bonchev–Trinajstić information content (AvgIpc) is 2.59. The number of nitrogens with zero attached hydrogens (tertiary/aromatic N) is 1. The first kappa shape index (κ1) is 19.1. The lowest BCUT2D eigenvalue weighted by molar-refractivity contribution is -0.120. The summed E-state index contributed by atoms with van der Waals surface area (Å²) in [6, 6.07) is 12.2. The molecule has 5 nitrogen and oxygen atoms in total. The number of hydrogen-bond donors (Lipinski definition) is 2. The van der Waals surface area contributed by atoms with E-state index in [1.807, 2.05) is 19.1 Å². The van der Waals surface area contributed by atoms with Crippen LogP contribution in [0.5, 0.6) is 11.5 Å². The van der Waals surface area contributed by atoms with Gasteiger partial charge in [0.2, 0.25) is 0 Å². The highest BCUT2D eigenvalue weighted by Crippen LogP contribution is 2.26. The van der Waals surface area contributed by atoms with Crippen molar-refractivity contribution in [2.45, 2.75) is 24.0 Å². The third kappa shape index (κ3) is 5.99. The van der Waals surface area contributed by atoms with Crippen LogP contribution in [-0.4, -0.2) is 29.1 Å². The Bertz CT molecular complexity index is 750. The van der Waals surface area contributed by atoms with Crippen molar-refractivity contribution in [1.82, 2.24) is 5.43 Å². The molecule has 0 saturated carbocycles. The molecular formula is C18H19ClN2O3S. The molecule has 1 amide bonds. The van der Waals surface area contributed by atoms with Gasteiger partial charge in [0.05, 0.1) is 18.1 Å². The first-order valence-corrected chi connectivity index (χ1v) is 8.96. The van der Waals surface area contributed by atoms with Crippen molar-refractivity contribution in [3.8, 4) is 11.5 Å². The molecule has 132 valence electrons. The molecule has 0 aliphatic rings. The summed E-state index contributed by atoms with van der Waals surface area (Å²) in [6.07, 6.45) is 1.50. The maximum atomic E-state index is 12.1. The molecule has 0 radical (unpaired) electrons.